The van der Waals surface area contributed by atoms with E-state index in [0.29, 0.717) is 5.75 Å². The van der Waals surface area contributed by atoms with Crippen molar-refractivity contribution in [3.05, 3.63) is 94.1 Å². The highest BCUT2D eigenvalue weighted by Gasteiger charge is 2.21. The molecule has 4 rings (SSSR count). The maximum atomic E-state index is 12.5. The van der Waals surface area contributed by atoms with Crippen LogP contribution < -0.4 is 9.56 Å². The van der Waals surface area contributed by atoms with Crippen molar-refractivity contribution in [2.75, 3.05) is 0 Å². The largest absolute Gasteiger partial charge is 0.361 e. The summed E-state index contributed by atoms with van der Waals surface area (Å²) in [7, 11) is -4.17. The maximum absolute atomic E-state index is 12.5. The van der Waals surface area contributed by atoms with Gasteiger partial charge in [0.15, 0.2) is 5.75 Å². The first-order chi connectivity index (χ1) is 15.3. The number of H-pyrrole nitrogens is 1. The number of nitrogens with zero attached hydrogens (tertiary/aromatic N) is 1. The Hall–Kier alpha value is -3.33. The third-order valence-electron chi connectivity index (χ3n) is 4.46. The molecule has 32 heavy (non-hydrogen) atoms. The first-order valence-corrected chi connectivity index (χ1v) is 11.5. The molecule has 0 saturated heterocycles. The van der Waals surface area contributed by atoms with E-state index in [0.717, 1.165) is 16.5 Å². The Morgan fingerprint density at radius 2 is 1.78 bits per heavy atom. The molecule has 0 spiro atoms. The number of aromatic amines is 1. The lowest BCUT2D eigenvalue weighted by atomic mass is 10.2. The highest BCUT2D eigenvalue weighted by Crippen LogP contribution is 2.25. The minimum Gasteiger partial charge on any atom is -0.361 e. The molecular formula is C22H15Cl2N3O4S. The number of rotatable bonds is 6. The molecule has 2 N–H and O–H groups in total. The fraction of sp³-hybridized carbons (Fsp3) is 0. The van der Waals surface area contributed by atoms with Crippen molar-refractivity contribution in [2.45, 2.75) is 4.90 Å². The quantitative estimate of drug-likeness (QED) is 0.295. The van der Waals surface area contributed by atoms with Crippen LogP contribution in [-0.4, -0.2) is 25.5 Å². The second kappa shape index (κ2) is 9.04. The fourth-order valence-electron chi connectivity index (χ4n) is 2.90. The monoisotopic (exact) mass is 487 g/mol. The first kappa shape index (κ1) is 21.9. The maximum Gasteiger partial charge on any atom is 0.265 e. The average molecular weight is 488 g/mol. The van der Waals surface area contributed by atoms with Crippen LogP contribution in [0.5, 0.6) is 5.75 Å². The van der Waals surface area contributed by atoms with Gasteiger partial charge in [0.2, 0.25) is 0 Å². The van der Waals surface area contributed by atoms with Gasteiger partial charge in [0, 0.05) is 22.3 Å². The second-order valence-corrected chi connectivity index (χ2v) is 9.18. The van der Waals surface area contributed by atoms with Gasteiger partial charge in [-0.15, -0.1) is 0 Å². The number of carbonyl (C=O) groups excluding carboxylic acids is 1. The molecule has 0 bridgehead atoms. The van der Waals surface area contributed by atoms with Crippen LogP contribution in [0.2, 0.25) is 10.0 Å². The first-order valence-electron chi connectivity index (χ1n) is 9.22. The molecule has 162 valence electrons. The Morgan fingerprint density at radius 3 is 2.53 bits per heavy atom. The third kappa shape index (κ3) is 4.94. The molecule has 1 amide bonds. The van der Waals surface area contributed by atoms with Crippen molar-refractivity contribution in [3.63, 3.8) is 0 Å². The van der Waals surface area contributed by atoms with Crippen LogP contribution in [0, 0.1) is 0 Å². The summed E-state index contributed by atoms with van der Waals surface area (Å²) < 4.78 is 26.9. The van der Waals surface area contributed by atoms with Crippen molar-refractivity contribution in [3.8, 4) is 5.75 Å². The predicted molar refractivity (Wildman–Crippen MR) is 124 cm³/mol. The number of benzene rings is 3. The van der Waals surface area contributed by atoms with Gasteiger partial charge in [-0.2, -0.15) is 0 Å². The lowest BCUT2D eigenvalue weighted by molar-refractivity contribution is 0.0981. The molecule has 0 fully saturated rings. The molecule has 0 aliphatic carbocycles. The molecule has 10 heteroatoms. The van der Waals surface area contributed by atoms with Gasteiger partial charge < -0.3 is 9.82 Å². The summed E-state index contributed by atoms with van der Waals surface area (Å²) in [6.07, 6.45) is 3.42. The van der Waals surface area contributed by atoms with Gasteiger partial charge in [0.1, 0.15) is 4.90 Å². The summed E-state index contributed by atoms with van der Waals surface area (Å²) in [5.74, 6) is -0.435. The number of halogens is 2. The van der Waals surface area contributed by atoms with E-state index in [9.17, 15) is 13.2 Å². The molecule has 0 unspecified atom stereocenters. The minimum atomic E-state index is -4.17. The Balaban J connectivity index is 1.40. The van der Waals surface area contributed by atoms with Crippen molar-refractivity contribution in [2.24, 2.45) is 5.16 Å². The summed E-state index contributed by atoms with van der Waals surface area (Å²) in [5.41, 5.74) is 2.00. The lowest BCUT2D eigenvalue weighted by Crippen LogP contribution is -2.30. The van der Waals surface area contributed by atoms with Gasteiger partial charge in [-0.25, -0.2) is 13.1 Å². The minimum absolute atomic E-state index is 0.0879. The number of aromatic nitrogens is 1. The van der Waals surface area contributed by atoms with Gasteiger partial charge in [0.25, 0.3) is 15.9 Å². The molecular weight excluding hydrogens is 473 g/mol. The van der Waals surface area contributed by atoms with Crippen molar-refractivity contribution in [1.29, 1.82) is 0 Å². The van der Waals surface area contributed by atoms with E-state index in [-0.39, 0.29) is 20.5 Å². The van der Waals surface area contributed by atoms with E-state index in [1.807, 2.05) is 35.2 Å². The van der Waals surface area contributed by atoms with Gasteiger partial charge in [-0.05, 0) is 71.6 Å². The van der Waals surface area contributed by atoms with Crippen LogP contribution in [0.3, 0.4) is 0 Å². The van der Waals surface area contributed by atoms with Gasteiger partial charge in [-0.1, -0.05) is 34.4 Å². The smallest absolute Gasteiger partial charge is 0.265 e. The molecule has 1 heterocycles. The molecule has 0 radical (unpaired) electrons. The zero-order valence-corrected chi connectivity index (χ0v) is 18.6. The molecule has 4 aromatic rings. The summed E-state index contributed by atoms with van der Waals surface area (Å²) in [6.45, 7) is 0. The number of nitrogens with one attached hydrogen (secondary N) is 2. The van der Waals surface area contributed by atoms with E-state index in [1.54, 1.807) is 6.21 Å². The highest BCUT2D eigenvalue weighted by molar-refractivity contribution is 7.90. The highest BCUT2D eigenvalue weighted by atomic mass is 35.5. The summed E-state index contributed by atoms with van der Waals surface area (Å²) >= 11 is 11.7. The van der Waals surface area contributed by atoms with Crippen LogP contribution >= 0.6 is 23.2 Å². The molecule has 7 nitrogen and oxygen atoms in total. The van der Waals surface area contributed by atoms with Crippen LogP contribution in [-0.2, 0) is 10.0 Å². The number of hydrogen-bond donors (Lipinski definition) is 2. The molecule has 3 aromatic carbocycles. The number of fused-ring (bicyclic) bond motifs is 1. The van der Waals surface area contributed by atoms with Crippen LogP contribution in [0.1, 0.15) is 15.9 Å². The van der Waals surface area contributed by atoms with Crippen molar-refractivity contribution in [1.82, 2.24) is 9.71 Å². The summed E-state index contributed by atoms with van der Waals surface area (Å²) in [6, 6.07) is 17.5. The molecule has 0 atom stereocenters. The number of sulfonamides is 1. The molecule has 0 aliphatic heterocycles. The van der Waals surface area contributed by atoms with E-state index < -0.39 is 15.9 Å². The average Bonchev–Trinajstić information content (AvgIpc) is 3.21. The van der Waals surface area contributed by atoms with E-state index in [4.69, 9.17) is 28.0 Å². The Labute approximate surface area is 193 Å². The fourth-order valence-corrected chi connectivity index (χ4v) is 4.64. The predicted octanol–water partition coefficient (Wildman–Crippen LogP) is 5.01. The van der Waals surface area contributed by atoms with Crippen molar-refractivity contribution >= 4 is 56.2 Å². The van der Waals surface area contributed by atoms with Gasteiger partial charge in [0.05, 0.1) is 11.2 Å². The van der Waals surface area contributed by atoms with Crippen LogP contribution in [0.25, 0.3) is 10.9 Å². The van der Waals surface area contributed by atoms with Crippen LogP contribution in [0.15, 0.2) is 83.0 Å². The number of hydrogen-bond acceptors (Lipinski definition) is 5. The Bertz CT molecular complexity index is 1430. The standard InChI is InChI=1S/C22H15Cl2N3O4S/c23-17-4-8-21(19(24)12-17)32(29,30)27-22(28)15-2-5-18(6-3-15)31-26-13-14-1-7-20-16(11-14)9-10-25-20/h1-13,25H,(H,27,28)/b26-13+. The Kier molecular flexibility index (Phi) is 6.18. The Morgan fingerprint density at radius 1 is 1.00 bits per heavy atom. The SMILES string of the molecule is O=C(NS(=O)(=O)c1ccc(Cl)cc1Cl)c1ccc(O/N=C/c2ccc3[nH]ccc3c2)cc1. The van der Waals surface area contributed by atoms with Crippen LogP contribution in [0.4, 0.5) is 0 Å². The number of oxime groups is 1. The number of amides is 1. The third-order valence-corrected chi connectivity index (χ3v) is 6.51. The summed E-state index contributed by atoms with van der Waals surface area (Å²) in [5, 5.41) is 5.18. The molecule has 1 aromatic heterocycles. The van der Waals surface area contributed by atoms with Gasteiger partial charge >= 0.3 is 0 Å². The summed E-state index contributed by atoms with van der Waals surface area (Å²) in [4.78, 5) is 20.6. The molecule has 0 saturated carbocycles. The van der Waals surface area contributed by atoms with Gasteiger partial charge in [-0.3, -0.25) is 4.79 Å². The van der Waals surface area contributed by atoms with E-state index in [2.05, 4.69) is 10.1 Å². The topological polar surface area (TPSA) is 101 Å². The lowest BCUT2D eigenvalue weighted by Gasteiger charge is -2.09. The normalized spacial score (nSPS) is 11.7. The zero-order chi connectivity index (χ0) is 22.7. The second-order valence-electron chi connectivity index (χ2n) is 6.68. The van der Waals surface area contributed by atoms with E-state index in [1.165, 1.54) is 42.5 Å². The van der Waals surface area contributed by atoms with Crippen molar-refractivity contribution < 1.29 is 18.0 Å². The number of carbonyl (C=O) groups is 1. The van der Waals surface area contributed by atoms with E-state index >= 15 is 0 Å². The zero-order valence-electron chi connectivity index (χ0n) is 16.2. The molecule has 0 aliphatic rings.